The van der Waals surface area contributed by atoms with Gasteiger partial charge in [0.25, 0.3) is 5.91 Å². The van der Waals surface area contributed by atoms with E-state index in [4.69, 9.17) is 16.1 Å². The summed E-state index contributed by atoms with van der Waals surface area (Å²) < 4.78 is 1.76. The Morgan fingerprint density at radius 2 is 2.03 bits per heavy atom. The van der Waals surface area contributed by atoms with Gasteiger partial charge in [-0.05, 0) is 42.7 Å². The van der Waals surface area contributed by atoms with Gasteiger partial charge in [0.2, 0.25) is 0 Å². The predicted octanol–water partition coefficient (Wildman–Crippen LogP) is 3.19. The van der Waals surface area contributed by atoms with Crippen molar-refractivity contribution in [1.82, 2.24) is 30.0 Å². The fourth-order valence-electron chi connectivity index (χ4n) is 4.62. The summed E-state index contributed by atoms with van der Waals surface area (Å²) >= 11 is 0. The van der Waals surface area contributed by atoms with Crippen molar-refractivity contribution in [3.8, 4) is 17.3 Å². The Morgan fingerprint density at radius 1 is 1.19 bits per heavy atom. The van der Waals surface area contributed by atoms with Gasteiger partial charge in [-0.1, -0.05) is 24.3 Å². The van der Waals surface area contributed by atoms with E-state index in [0.29, 0.717) is 40.9 Å². The number of amides is 2. The van der Waals surface area contributed by atoms with E-state index in [-0.39, 0.29) is 24.3 Å². The molecule has 37 heavy (non-hydrogen) atoms. The van der Waals surface area contributed by atoms with Crippen LogP contribution in [0.2, 0.25) is 0 Å². The third kappa shape index (κ3) is 4.77. The maximum atomic E-state index is 12.6. The van der Waals surface area contributed by atoms with Crippen LogP contribution >= 0.6 is 0 Å². The highest BCUT2D eigenvalue weighted by atomic mass is 16.4. The molecule has 1 atom stereocenters. The largest absolute Gasteiger partial charge is 0.465 e. The number of piperidine rings is 1. The van der Waals surface area contributed by atoms with Gasteiger partial charge in [-0.3, -0.25) is 4.79 Å². The second-order valence-corrected chi connectivity index (χ2v) is 8.85. The molecule has 2 aromatic carbocycles. The summed E-state index contributed by atoms with van der Waals surface area (Å²) in [7, 11) is 0. The molecule has 2 aromatic heterocycles. The molecular formula is C26H24N8O3. The Hall–Kier alpha value is -4.98. The smallest absolute Gasteiger partial charge is 0.407 e. The molecule has 0 saturated carbocycles. The Bertz CT molecular complexity index is 1540. The van der Waals surface area contributed by atoms with Crippen molar-refractivity contribution >= 4 is 28.9 Å². The fraction of sp³-hybridized carbons (Fsp3) is 0.231. The van der Waals surface area contributed by atoms with Crippen LogP contribution in [0.5, 0.6) is 0 Å². The molecule has 1 fully saturated rings. The molecule has 1 aliphatic rings. The van der Waals surface area contributed by atoms with Gasteiger partial charge in [0.1, 0.15) is 17.8 Å². The summed E-state index contributed by atoms with van der Waals surface area (Å²) in [6.07, 6.45) is 1.92. The van der Waals surface area contributed by atoms with Gasteiger partial charge in [-0.2, -0.15) is 10.4 Å². The van der Waals surface area contributed by atoms with E-state index in [1.165, 1.54) is 11.2 Å². The molecule has 0 aliphatic carbocycles. The molecule has 3 heterocycles. The number of hydrogen-bond donors (Lipinski definition) is 3. The van der Waals surface area contributed by atoms with Crippen molar-refractivity contribution in [3.63, 3.8) is 0 Å². The highest BCUT2D eigenvalue weighted by Gasteiger charge is 2.28. The van der Waals surface area contributed by atoms with Crippen LogP contribution < -0.4 is 11.1 Å². The normalized spacial score (nSPS) is 15.3. The number of anilines is 1. The number of nitrogen functional groups attached to an aromatic ring is 1. The lowest BCUT2D eigenvalue weighted by molar-refractivity contribution is 0.0950. The summed E-state index contributed by atoms with van der Waals surface area (Å²) in [5.74, 6) is 0.00314. The maximum Gasteiger partial charge on any atom is 0.407 e. The SMILES string of the molecule is N#Cc1cccc(C(=O)NCc2cccc(-c3nn([C@@H]4CCCN(C(=O)O)C4)c4ncnc(N)c34)c2)c1. The lowest BCUT2D eigenvalue weighted by Crippen LogP contribution is -2.40. The van der Waals surface area contributed by atoms with Crippen molar-refractivity contribution in [2.45, 2.75) is 25.4 Å². The number of carbonyl (C=O) groups excluding carboxylic acids is 1. The number of nitriles is 1. The highest BCUT2D eigenvalue weighted by molar-refractivity contribution is 5.98. The van der Waals surface area contributed by atoms with Crippen molar-refractivity contribution in [2.75, 3.05) is 18.8 Å². The van der Waals surface area contributed by atoms with E-state index in [9.17, 15) is 14.7 Å². The molecule has 186 valence electrons. The van der Waals surface area contributed by atoms with Crippen molar-refractivity contribution < 1.29 is 14.7 Å². The molecule has 0 bridgehead atoms. The molecule has 4 aromatic rings. The summed E-state index contributed by atoms with van der Waals surface area (Å²) in [6, 6.07) is 15.9. The first-order chi connectivity index (χ1) is 17.9. The quantitative estimate of drug-likeness (QED) is 0.379. The van der Waals surface area contributed by atoms with Crippen LogP contribution in [-0.4, -0.2) is 54.8 Å². The monoisotopic (exact) mass is 496 g/mol. The van der Waals surface area contributed by atoms with Gasteiger partial charge in [-0.15, -0.1) is 0 Å². The highest BCUT2D eigenvalue weighted by Crippen LogP contribution is 2.34. The lowest BCUT2D eigenvalue weighted by atomic mass is 10.1. The van der Waals surface area contributed by atoms with Crippen molar-refractivity contribution in [3.05, 3.63) is 71.5 Å². The van der Waals surface area contributed by atoms with Crippen LogP contribution in [0.3, 0.4) is 0 Å². The van der Waals surface area contributed by atoms with E-state index in [1.54, 1.807) is 28.9 Å². The van der Waals surface area contributed by atoms with Gasteiger partial charge in [0, 0.05) is 30.8 Å². The molecule has 11 heteroatoms. The minimum absolute atomic E-state index is 0.179. The number of benzene rings is 2. The Labute approximate surface area is 212 Å². The number of carboxylic acid groups (broad SMARTS) is 1. The number of hydrogen-bond acceptors (Lipinski definition) is 7. The van der Waals surface area contributed by atoms with Crippen LogP contribution in [0.15, 0.2) is 54.9 Å². The van der Waals surface area contributed by atoms with E-state index >= 15 is 0 Å². The van der Waals surface area contributed by atoms with E-state index in [2.05, 4.69) is 15.3 Å². The number of aromatic nitrogens is 4. The number of fused-ring (bicyclic) bond motifs is 1. The van der Waals surface area contributed by atoms with Crippen molar-refractivity contribution in [1.29, 1.82) is 5.26 Å². The number of likely N-dealkylation sites (tertiary alicyclic amines) is 1. The van der Waals surface area contributed by atoms with Gasteiger partial charge in [-0.25, -0.2) is 19.4 Å². The maximum absolute atomic E-state index is 12.6. The van der Waals surface area contributed by atoms with Gasteiger partial charge >= 0.3 is 6.09 Å². The molecule has 5 rings (SSSR count). The summed E-state index contributed by atoms with van der Waals surface area (Å²) in [5, 5.41) is 26.9. The number of nitrogens with two attached hydrogens (primary N) is 1. The number of nitrogens with one attached hydrogen (secondary N) is 1. The number of nitrogens with zero attached hydrogens (tertiary/aromatic N) is 6. The summed E-state index contributed by atoms with van der Waals surface area (Å²) in [5.41, 5.74) is 9.84. The molecular weight excluding hydrogens is 472 g/mol. The summed E-state index contributed by atoms with van der Waals surface area (Å²) in [6.45, 7) is 1.07. The van der Waals surface area contributed by atoms with Crippen molar-refractivity contribution in [2.24, 2.45) is 0 Å². The zero-order valence-corrected chi connectivity index (χ0v) is 19.8. The molecule has 1 saturated heterocycles. The standard InChI is InChI=1S/C26H24N8O3/c27-12-16-4-1-7-19(10-16)25(35)29-13-17-5-2-6-18(11-17)22-21-23(28)30-15-31-24(21)34(32-22)20-8-3-9-33(14-20)26(36)37/h1-2,4-7,10-11,15,20H,3,8-9,13-14H2,(H,29,35)(H,36,37)(H2,28,30,31)/t20-/m1/s1. The Balaban J connectivity index is 1.44. The molecule has 1 aliphatic heterocycles. The minimum Gasteiger partial charge on any atom is -0.465 e. The first-order valence-corrected chi connectivity index (χ1v) is 11.8. The van der Waals surface area contributed by atoms with Gasteiger partial charge in [0.05, 0.1) is 23.1 Å². The molecule has 0 radical (unpaired) electrons. The second-order valence-electron chi connectivity index (χ2n) is 8.85. The van der Waals surface area contributed by atoms with Gasteiger partial charge < -0.3 is 21.1 Å². The zero-order valence-electron chi connectivity index (χ0n) is 19.8. The molecule has 4 N–H and O–H groups in total. The predicted molar refractivity (Wildman–Crippen MR) is 135 cm³/mol. The average molecular weight is 497 g/mol. The zero-order chi connectivity index (χ0) is 25.9. The average Bonchev–Trinajstić information content (AvgIpc) is 3.33. The fourth-order valence-corrected chi connectivity index (χ4v) is 4.62. The van der Waals surface area contributed by atoms with E-state index in [1.807, 2.05) is 30.3 Å². The second kappa shape index (κ2) is 9.94. The number of rotatable bonds is 5. The molecule has 0 unspecified atom stereocenters. The number of carbonyl (C=O) groups is 2. The minimum atomic E-state index is -0.954. The van der Waals surface area contributed by atoms with Crippen LogP contribution in [0.1, 0.15) is 40.4 Å². The topological polar surface area (TPSA) is 163 Å². The third-order valence-corrected chi connectivity index (χ3v) is 6.44. The van der Waals surface area contributed by atoms with E-state index < -0.39 is 6.09 Å². The lowest BCUT2D eigenvalue weighted by Gasteiger charge is -2.30. The van der Waals surface area contributed by atoms with E-state index in [0.717, 1.165) is 24.0 Å². The van der Waals surface area contributed by atoms with Crippen LogP contribution in [0, 0.1) is 11.3 Å². The summed E-state index contributed by atoms with van der Waals surface area (Å²) in [4.78, 5) is 34.1. The van der Waals surface area contributed by atoms with Crippen LogP contribution in [-0.2, 0) is 6.54 Å². The van der Waals surface area contributed by atoms with Crippen LogP contribution in [0.25, 0.3) is 22.3 Å². The van der Waals surface area contributed by atoms with Gasteiger partial charge in [0.15, 0.2) is 5.65 Å². The molecule has 0 spiro atoms. The first-order valence-electron chi connectivity index (χ1n) is 11.8. The molecule has 2 amide bonds. The Morgan fingerprint density at radius 3 is 2.84 bits per heavy atom. The third-order valence-electron chi connectivity index (χ3n) is 6.44. The molecule has 11 nitrogen and oxygen atoms in total. The van der Waals surface area contributed by atoms with Crippen LogP contribution in [0.4, 0.5) is 10.6 Å². The first kappa shape index (κ1) is 23.7. The Kier molecular flexibility index (Phi) is 6.38.